The lowest BCUT2D eigenvalue weighted by atomic mass is 9.46. The highest BCUT2D eigenvalue weighted by atomic mass is 16.6. The van der Waals surface area contributed by atoms with Crippen molar-refractivity contribution in [1.29, 1.82) is 0 Å². The lowest BCUT2D eigenvalue weighted by molar-refractivity contribution is -0.204. The normalized spacial score (nSPS) is 48.5. The van der Waals surface area contributed by atoms with Gasteiger partial charge in [-0.1, -0.05) is 131 Å². The first-order chi connectivity index (χ1) is 59.8. The van der Waals surface area contributed by atoms with E-state index >= 15 is 0 Å². The Morgan fingerprint density at radius 3 is 1.10 bits per heavy atom. The zero-order chi connectivity index (χ0) is 93.4. The molecule has 0 radical (unpaired) electrons. The minimum Gasteiger partial charge on any atom is -0.465 e. The van der Waals surface area contributed by atoms with Gasteiger partial charge in [-0.05, 0) is 462 Å². The van der Waals surface area contributed by atoms with Crippen molar-refractivity contribution in [3.63, 3.8) is 0 Å². The molecule has 0 aromatic rings. The summed E-state index contributed by atoms with van der Waals surface area (Å²) in [6.07, 6.45) is 36.4. The van der Waals surface area contributed by atoms with Crippen LogP contribution in [-0.2, 0) is 57.2 Å². The van der Waals surface area contributed by atoms with Gasteiger partial charge in [-0.15, -0.1) is 0 Å². The third-order valence-electron chi connectivity index (χ3n) is 44.9. The quantitative estimate of drug-likeness (QED) is 0.138. The summed E-state index contributed by atoms with van der Waals surface area (Å²) in [5.74, 6) is 28.3. The van der Waals surface area contributed by atoms with Gasteiger partial charge in [0.1, 0.15) is 28.5 Å². The molecule has 128 heavy (non-hydrogen) atoms. The van der Waals surface area contributed by atoms with Crippen LogP contribution in [0, 0.1) is 248 Å². The fraction of sp³-hybridized carbons (Fsp3) is 0.947. The standard InChI is InChI=1S/C23H36O2.C18H30O2.C15H26O2.C14H24O2.C12H18O2.C12H22O.C11H18O2.C9H16O/c1-13-14(2)19-8-18(13)9-20(19)21(24)25-22(3,4)23-10-15-5-16(11-23)7-17(6-15)12-23;1-4-18(8-6-5-7-9-18)20-17(19)16-11-14-10-15(16)13(3)12(14)2;1-6-15(4,5)17-14(16)13-8-11-7-12(13)10(3)9(11)2;1-8-9(2)11-6-10(8)7-12(11)13(15)16-14(3,4)5;1-7-8(2)10-5-9(7)6-12(10)3-4-14-11(12)13;1-7-8(2)10-5-9(7)6-11(10)12(3,4)13;1-6-7(2)10-4-9(6)5-11(10)13-8(3)12;1-5-6(2)8-3-7(5)4-9(8)10/h13-20H,5-12H2,1-4H3;12-16H,4-11H2,1-3H3;9-13H,6-8H2,1-5H3;8-12H,6-7H2,1-5H3;7-10H,3-6H2,1-2H3;7-11,13H,5-6H2,1-4H3;6-7,9-11H,4-5H2,1-3H3;5-10H,3-4H2,1-2H3. The largest absolute Gasteiger partial charge is 0.465 e. The van der Waals surface area contributed by atoms with E-state index in [2.05, 4.69) is 138 Å². The van der Waals surface area contributed by atoms with Crippen molar-refractivity contribution in [2.24, 2.45) is 248 Å². The van der Waals surface area contributed by atoms with E-state index in [0.29, 0.717) is 77.6 Å². The van der Waals surface area contributed by atoms with Crippen molar-refractivity contribution in [2.75, 3.05) is 6.61 Å². The number of hydrogen-bond donors (Lipinski definition) is 2. The van der Waals surface area contributed by atoms with E-state index in [-0.39, 0.29) is 105 Å². The first kappa shape index (κ1) is 101. The van der Waals surface area contributed by atoms with Crippen LogP contribution in [0.25, 0.3) is 0 Å². The van der Waals surface area contributed by atoms with Crippen molar-refractivity contribution < 1.29 is 67.4 Å². The molecular weight excluding hydrogens is 1590 g/mol. The number of carbonyl (C=O) groups is 6. The molecule has 0 aromatic carbocycles. The lowest BCUT2D eigenvalue weighted by Crippen LogP contribution is -2.57. The molecule has 22 fully saturated rings. The van der Waals surface area contributed by atoms with Gasteiger partial charge in [0.25, 0.3) is 0 Å². The second-order valence-electron chi connectivity index (χ2n) is 53.0. The van der Waals surface area contributed by atoms with E-state index in [1.54, 1.807) is 0 Å². The van der Waals surface area contributed by atoms with Crippen LogP contribution < -0.4 is 0 Å². The number of aliphatic hydroxyl groups is 2. The minimum atomic E-state index is -0.451. The summed E-state index contributed by atoms with van der Waals surface area (Å²) in [4.78, 5) is 72.9. The van der Waals surface area contributed by atoms with E-state index in [0.717, 1.165) is 219 Å². The number of hydrogen-bond acceptors (Lipinski definition) is 14. The van der Waals surface area contributed by atoms with Gasteiger partial charge in [0.15, 0.2) is 0 Å². The fourth-order valence-corrected chi connectivity index (χ4v) is 35.1. The molecule has 14 heteroatoms. The van der Waals surface area contributed by atoms with Crippen LogP contribution in [0.3, 0.4) is 0 Å². The highest BCUT2D eigenvalue weighted by molar-refractivity contribution is 5.80. The number of rotatable bonds is 12. The molecule has 0 amide bonds. The molecule has 22 rings (SSSR count). The molecule has 22 aliphatic rings. The molecule has 14 nitrogen and oxygen atoms in total. The molecule has 1 spiro atoms. The number of ether oxygens (including phenoxy) is 6. The maximum absolute atomic E-state index is 13.2. The first-order valence-electron chi connectivity index (χ1n) is 54.5. The van der Waals surface area contributed by atoms with Gasteiger partial charge in [0.05, 0.1) is 47.4 Å². The van der Waals surface area contributed by atoms with Gasteiger partial charge in [-0.25, -0.2) is 0 Å². The lowest BCUT2D eigenvalue weighted by Gasteiger charge is -2.61. The number of esters is 6. The van der Waals surface area contributed by atoms with Crippen LogP contribution in [0.2, 0.25) is 0 Å². The van der Waals surface area contributed by atoms with Gasteiger partial charge in [-0.2, -0.15) is 0 Å². The first-order valence-corrected chi connectivity index (χ1v) is 54.5. The van der Waals surface area contributed by atoms with Crippen molar-refractivity contribution in [1.82, 2.24) is 0 Å². The number of carbonyl (C=O) groups excluding carboxylic acids is 6. The summed E-state index contributed by atoms with van der Waals surface area (Å²) in [5, 5.41) is 19.6. The predicted molar refractivity (Wildman–Crippen MR) is 509 cm³/mol. The maximum atomic E-state index is 13.2. The molecule has 1 aliphatic heterocycles. The summed E-state index contributed by atoms with van der Waals surface area (Å²) in [6.45, 7) is 62.2. The molecular formula is C114H190O14. The monoisotopic (exact) mass is 1780 g/mol. The topological polar surface area (TPSA) is 198 Å². The van der Waals surface area contributed by atoms with Gasteiger partial charge >= 0.3 is 35.8 Å². The zero-order valence-electron chi connectivity index (χ0n) is 86.5. The third kappa shape index (κ3) is 19.8. The van der Waals surface area contributed by atoms with E-state index < -0.39 is 5.60 Å². The molecule has 20 bridgehead atoms. The smallest absolute Gasteiger partial charge is 0.312 e. The Labute approximate surface area is 779 Å². The summed E-state index contributed by atoms with van der Waals surface area (Å²) in [7, 11) is 0. The fourth-order valence-electron chi connectivity index (χ4n) is 35.1. The third-order valence-corrected chi connectivity index (χ3v) is 44.9. The van der Waals surface area contributed by atoms with Crippen LogP contribution in [0.5, 0.6) is 0 Å². The minimum absolute atomic E-state index is 0.0381. The molecule has 730 valence electrons. The van der Waals surface area contributed by atoms with Crippen LogP contribution in [0.4, 0.5) is 0 Å². The Morgan fingerprint density at radius 1 is 0.391 bits per heavy atom. The van der Waals surface area contributed by atoms with E-state index in [9.17, 15) is 39.0 Å². The molecule has 1 saturated heterocycles. The van der Waals surface area contributed by atoms with Gasteiger partial charge in [0.2, 0.25) is 0 Å². The molecule has 40 unspecified atom stereocenters. The van der Waals surface area contributed by atoms with Crippen molar-refractivity contribution in [3.05, 3.63) is 0 Å². The average Bonchev–Trinajstić information content (AvgIpc) is 1.61. The summed E-state index contributed by atoms with van der Waals surface area (Å²) >= 11 is 0. The van der Waals surface area contributed by atoms with Crippen molar-refractivity contribution in [3.8, 4) is 0 Å². The summed E-state index contributed by atoms with van der Waals surface area (Å²) in [6, 6.07) is 0. The number of fused-ring (bicyclic) bond motifs is 17. The van der Waals surface area contributed by atoms with Gasteiger partial charge in [-0.3, -0.25) is 28.8 Å². The van der Waals surface area contributed by atoms with Crippen molar-refractivity contribution >= 4 is 35.8 Å². The Kier molecular flexibility index (Phi) is 30.4. The van der Waals surface area contributed by atoms with Crippen molar-refractivity contribution in [2.45, 2.75) is 427 Å². The average molecular weight is 1780 g/mol. The number of cyclic esters (lactones) is 1. The molecule has 0 aromatic heterocycles. The second kappa shape index (κ2) is 38.6. The summed E-state index contributed by atoms with van der Waals surface area (Å²) < 4.78 is 34.2. The Balaban J connectivity index is 0.000000120. The Morgan fingerprint density at radius 2 is 0.766 bits per heavy atom. The Bertz CT molecular complexity index is 3760. The van der Waals surface area contributed by atoms with E-state index in [4.69, 9.17) is 28.4 Å². The highest BCUT2D eigenvalue weighted by Gasteiger charge is 2.65. The predicted octanol–water partition coefficient (Wildman–Crippen LogP) is 25.7. The van der Waals surface area contributed by atoms with Gasteiger partial charge < -0.3 is 38.6 Å². The van der Waals surface area contributed by atoms with Crippen LogP contribution in [0.15, 0.2) is 0 Å². The summed E-state index contributed by atoms with van der Waals surface area (Å²) in [5.41, 5.74) is -1.26. The van der Waals surface area contributed by atoms with Crippen LogP contribution in [-0.4, -0.2) is 92.8 Å². The van der Waals surface area contributed by atoms with E-state index in [1.807, 2.05) is 48.5 Å². The van der Waals surface area contributed by atoms with Crippen LogP contribution in [0.1, 0.15) is 386 Å². The molecule has 40 atom stereocenters. The molecule has 21 aliphatic carbocycles. The Hall–Kier alpha value is -3.26. The molecule has 1 heterocycles. The van der Waals surface area contributed by atoms with E-state index in [1.165, 1.54) is 122 Å². The van der Waals surface area contributed by atoms with Crippen LogP contribution >= 0.6 is 0 Å². The molecule has 21 saturated carbocycles. The molecule has 2 N–H and O–H groups in total. The highest BCUT2D eigenvalue weighted by Crippen LogP contribution is 2.68. The van der Waals surface area contributed by atoms with Gasteiger partial charge in [0, 0.05) is 12.3 Å². The second-order valence-corrected chi connectivity index (χ2v) is 53.0. The maximum Gasteiger partial charge on any atom is 0.312 e. The number of aliphatic hydroxyl groups excluding tert-OH is 1. The SMILES string of the molecule is CC(=O)OC1CC2CC1C(C)C2C.CC1C2CC(C(=O)OC(C)(C)C)C(C2)C1C.CC1C2CC(C(=O)OC(C)(C)C34CC5CC(CC(C5)C3)C4)C(C2)C1C.CC1C2CC(C1C)C(C(C)(C)O)C2.CC1C2CC(C1C)C1(CCOC1=O)C2.CC1C2CC(O)C(C2)C1C.CCC(C)(C)OC(=O)C1CC2CC1C(C)C2C.CCC1(OC(=O)C2CC3CC2C(C)C3C)CCCCC1. The zero-order valence-corrected chi connectivity index (χ0v) is 86.5.